The quantitative estimate of drug-likeness (QED) is 0.770. The lowest BCUT2D eigenvalue weighted by Crippen LogP contribution is -2.07. The van der Waals surface area contributed by atoms with Gasteiger partial charge in [-0.05, 0) is 24.1 Å². The molecule has 0 spiro atoms. The molecule has 1 fully saturated rings. The van der Waals surface area contributed by atoms with Crippen molar-refractivity contribution < 1.29 is 9.47 Å². The van der Waals surface area contributed by atoms with Crippen LogP contribution in [0.5, 0.6) is 5.75 Å². The summed E-state index contributed by atoms with van der Waals surface area (Å²) in [6, 6.07) is 6.09. The number of halogens is 2. The van der Waals surface area contributed by atoms with Gasteiger partial charge in [-0.1, -0.05) is 37.9 Å². The largest absolute Gasteiger partial charge is 0.497 e. The van der Waals surface area contributed by atoms with Crippen LogP contribution < -0.4 is 4.74 Å². The SMILES string of the molecule is COc1ccc(C(Br)C2CCOC2)c(Br)c1. The van der Waals surface area contributed by atoms with Crippen molar-refractivity contribution in [1.82, 2.24) is 0 Å². The summed E-state index contributed by atoms with van der Waals surface area (Å²) in [6.07, 6.45) is 1.12. The van der Waals surface area contributed by atoms with E-state index in [1.807, 2.05) is 12.1 Å². The normalized spacial score (nSPS) is 22.1. The molecule has 1 heterocycles. The highest BCUT2D eigenvalue weighted by atomic mass is 79.9. The molecule has 0 bridgehead atoms. The van der Waals surface area contributed by atoms with E-state index in [-0.39, 0.29) is 0 Å². The lowest BCUT2D eigenvalue weighted by molar-refractivity contribution is 0.185. The molecule has 1 saturated heterocycles. The molecule has 0 aliphatic carbocycles. The summed E-state index contributed by atoms with van der Waals surface area (Å²) in [5.74, 6) is 1.43. The molecule has 2 unspecified atom stereocenters. The van der Waals surface area contributed by atoms with Gasteiger partial charge in [-0.2, -0.15) is 0 Å². The van der Waals surface area contributed by atoms with Crippen LogP contribution in [0.4, 0.5) is 0 Å². The first-order valence-corrected chi connectivity index (χ1v) is 6.98. The smallest absolute Gasteiger partial charge is 0.120 e. The van der Waals surface area contributed by atoms with Gasteiger partial charge in [-0.3, -0.25) is 0 Å². The molecule has 2 rings (SSSR count). The molecule has 1 aromatic carbocycles. The number of hydrogen-bond acceptors (Lipinski definition) is 2. The summed E-state index contributed by atoms with van der Waals surface area (Å²) in [4.78, 5) is 0.343. The summed E-state index contributed by atoms with van der Waals surface area (Å²) >= 11 is 7.34. The van der Waals surface area contributed by atoms with Gasteiger partial charge >= 0.3 is 0 Å². The highest BCUT2D eigenvalue weighted by Crippen LogP contribution is 2.40. The van der Waals surface area contributed by atoms with Crippen molar-refractivity contribution in [2.75, 3.05) is 20.3 Å². The number of ether oxygens (including phenoxy) is 2. The van der Waals surface area contributed by atoms with Gasteiger partial charge < -0.3 is 9.47 Å². The Balaban J connectivity index is 2.19. The summed E-state index contributed by atoms with van der Waals surface area (Å²) in [6.45, 7) is 1.72. The minimum atomic E-state index is 0.343. The van der Waals surface area contributed by atoms with Gasteiger partial charge in [0.05, 0.1) is 13.7 Å². The number of methoxy groups -OCH3 is 1. The Hall–Kier alpha value is -0.0600. The van der Waals surface area contributed by atoms with Crippen LogP contribution >= 0.6 is 31.9 Å². The molecule has 0 saturated carbocycles. The summed E-state index contributed by atoms with van der Waals surface area (Å²) in [5.41, 5.74) is 1.26. The van der Waals surface area contributed by atoms with Gasteiger partial charge in [0.2, 0.25) is 0 Å². The second kappa shape index (κ2) is 5.52. The van der Waals surface area contributed by atoms with Gasteiger partial charge in [0.15, 0.2) is 0 Å². The molecular formula is C12H14Br2O2. The van der Waals surface area contributed by atoms with Gasteiger partial charge in [-0.15, -0.1) is 0 Å². The van der Waals surface area contributed by atoms with E-state index in [0.717, 1.165) is 29.9 Å². The summed E-state index contributed by atoms with van der Waals surface area (Å²) in [7, 11) is 1.68. The second-order valence-electron chi connectivity index (χ2n) is 3.91. The van der Waals surface area contributed by atoms with Crippen LogP contribution in [-0.4, -0.2) is 20.3 Å². The second-order valence-corrected chi connectivity index (χ2v) is 5.75. The van der Waals surface area contributed by atoms with Crippen molar-refractivity contribution in [2.45, 2.75) is 11.2 Å². The van der Waals surface area contributed by atoms with E-state index in [0.29, 0.717) is 10.7 Å². The number of alkyl halides is 1. The Morgan fingerprint density at radius 3 is 2.88 bits per heavy atom. The molecule has 0 aromatic heterocycles. The summed E-state index contributed by atoms with van der Waals surface area (Å²) < 4.78 is 11.7. The third kappa shape index (κ3) is 2.60. The fourth-order valence-electron chi connectivity index (χ4n) is 1.90. The van der Waals surface area contributed by atoms with Crippen molar-refractivity contribution >= 4 is 31.9 Å². The Morgan fingerprint density at radius 1 is 1.50 bits per heavy atom. The molecule has 1 aliphatic rings. The predicted molar refractivity (Wildman–Crippen MR) is 71.3 cm³/mol. The molecule has 0 N–H and O–H groups in total. The third-order valence-electron chi connectivity index (χ3n) is 2.88. The molecule has 4 heteroatoms. The number of rotatable bonds is 3. The monoisotopic (exact) mass is 348 g/mol. The Kier molecular flexibility index (Phi) is 4.27. The molecular weight excluding hydrogens is 336 g/mol. The zero-order chi connectivity index (χ0) is 11.5. The Morgan fingerprint density at radius 2 is 2.31 bits per heavy atom. The minimum Gasteiger partial charge on any atom is -0.497 e. The predicted octanol–water partition coefficient (Wildman–Crippen LogP) is 3.93. The van der Waals surface area contributed by atoms with Crippen molar-refractivity contribution in [3.63, 3.8) is 0 Å². The molecule has 88 valence electrons. The zero-order valence-corrected chi connectivity index (χ0v) is 12.3. The van der Waals surface area contributed by atoms with Crippen molar-refractivity contribution in [2.24, 2.45) is 5.92 Å². The molecule has 1 aliphatic heterocycles. The Labute approximate surface area is 113 Å². The molecule has 16 heavy (non-hydrogen) atoms. The standard InChI is InChI=1S/C12H14Br2O2/c1-15-9-2-3-10(11(13)6-9)12(14)8-4-5-16-7-8/h2-3,6,8,12H,4-5,7H2,1H3. The van der Waals surface area contributed by atoms with Gasteiger partial charge in [0.25, 0.3) is 0 Å². The van der Waals surface area contributed by atoms with E-state index >= 15 is 0 Å². The minimum absolute atomic E-state index is 0.343. The fraction of sp³-hybridized carbons (Fsp3) is 0.500. The van der Waals surface area contributed by atoms with Crippen molar-refractivity contribution in [3.8, 4) is 5.75 Å². The first-order valence-electron chi connectivity index (χ1n) is 5.27. The molecule has 0 radical (unpaired) electrons. The van der Waals surface area contributed by atoms with Crippen LogP contribution in [0.2, 0.25) is 0 Å². The molecule has 0 amide bonds. The lowest BCUT2D eigenvalue weighted by atomic mass is 9.98. The molecule has 2 nitrogen and oxygen atoms in total. The number of hydrogen-bond donors (Lipinski definition) is 0. The van der Waals surface area contributed by atoms with E-state index in [1.54, 1.807) is 7.11 Å². The van der Waals surface area contributed by atoms with Crippen LogP contribution in [0.3, 0.4) is 0 Å². The van der Waals surface area contributed by atoms with Gasteiger partial charge in [0.1, 0.15) is 5.75 Å². The van der Waals surface area contributed by atoms with Crippen LogP contribution in [0.1, 0.15) is 16.8 Å². The van der Waals surface area contributed by atoms with Crippen LogP contribution in [0.25, 0.3) is 0 Å². The van der Waals surface area contributed by atoms with Crippen molar-refractivity contribution in [3.05, 3.63) is 28.2 Å². The number of benzene rings is 1. The maximum absolute atomic E-state index is 5.41. The maximum Gasteiger partial charge on any atom is 0.120 e. The maximum atomic E-state index is 5.41. The topological polar surface area (TPSA) is 18.5 Å². The first kappa shape index (κ1) is 12.4. The van der Waals surface area contributed by atoms with Gasteiger partial charge in [-0.25, -0.2) is 0 Å². The van der Waals surface area contributed by atoms with E-state index in [4.69, 9.17) is 9.47 Å². The summed E-state index contributed by atoms with van der Waals surface area (Å²) in [5, 5.41) is 0. The van der Waals surface area contributed by atoms with Crippen LogP contribution in [0, 0.1) is 5.92 Å². The Bertz CT molecular complexity index is 362. The van der Waals surface area contributed by atoms with E-state index in [9.17, 15) is 0 Å². The average Bonchev–Trinajstić information content (AvgIpc) is 2.81. The highest BCUT2D eigenvalue weighted by molar-refractivity contribution is 9.11. The third-order valence-corrected chi connectivity index (χ3v) is 4.81. The average molecular weight is 350 g/mol. The van der Waals surface area contributed by atoms with Crippen LogP contribution in [-0.2, 0) is 4.74 Å². The molecule has 1 aromatic rings. The van der Waals surface area contributed by atoms with E-state index in [2.05, 4.69) is 37.9 Å². The first-order chi connectivity index (χ1) is 7.72. The van der Waals surface area contributed by atoms with Crippen molar-refractivity contribution in [1.29, 1.82) is 0 Å². The highest BCUT2D eigenvalue weighted by Gasteiger charge is 2.26. The van der Waals surface area contributed by atoms with E-state index < -0.39 is 0 Å². The molecule has 2 atom stereocenters. The zero-order valence-electron chi connectivity index (χ0n) is 9.08. The lowest BCUT2D eigenvalue weighted by Gasteiger charge is -2.18. The van der Waals surface area contributed by atoms with E-state index in [1.165, 1.54) is 5.56 Å². The van der Waals surface area contributed by atoms with Crippen LogP contribution in [0.15, 0.2) is 22.7 Å². The van der Waals surface area contributed by atoms with Gasteiger partial charge in [0, 0.05) is 21.8 Å². The fourth-order valence-corrected chi connectivity index (χ4v) is 3.62.